The van der Waals surface area contributed by atoms with Crippen molar-refractivity contribution in [3.63, 3.8) is 0 Å². The van der Waals surface area contributed by atoms with Gasteiger partial charge in [-0.05, 0) is 24.3 Å². The van der Waals surface area contributed by atoms with Gasteiger partial charge in [-0.1, -0.05) is 23.7 Å². The molecule has 0 aliphatic rings. The number of phenols is 1. The molecule has 2 aromatic carbocycles. The molecule has 0 fully saturated rings. The first-order chi connectivity index (χ1) is 11.5. The van der Waals surface area contributed by atoms with Crippen LogP contribution in [0.25, 0.3) is 21.9 Å². The summed E-state index contributed by atoms with van der Waals surface area (Å²) in [5.41, 5.74) is 0.503. The van der Waals surface area contributed by atoms with E-state index in [-0.39, 0.29) is 16.2 Å². The average Bonchev–Trinajstić information content (AvgIpc) is 2.98. The molecule has 0 radical (unpaired) electrons. The molecule has 6 nitrogen and oxygen atoms in total. The molecular weight excluding hydrogens is 350 g/mol. The molecule has 0 saturated carbocycles. The molecule has 0 saturated heterocycles. The van der Waals surface area contributed by atoms with Gasteiger partial charge in [0.15, 0.2) is 0 Å². The molecule has 8 heteroatoms. The maximum atomic E-state index is 11.0. The highest BCUT2D eigenvalue weighted by atomic mass is 35.5. The van der Waals surface area contributed by atoms with Gasteiger partial charge in [0.25, 0.3) is 0 Å². The van der Waals surface area contributed by atoms with E-state index in [0.29, 0.717) is 5.01 Å². The van der Waals surface area contributed by atoms with Crippen LogP contribution in [-0.2, 0) is 0 Å². The number of nitro benzene ring substituents is 1. The fraction of sp³-hybridized carbons (Fsp3) is 0. The molecule has 118 valence electrons. The molecule has 3 rings (SSSR count). The van der Waals surface area contributed by atoms with E-state index in [1.807, 2.05) is 30.3 Å². The number of nitriles is 1. The van der Waals surface area contributed by atoms with Crippen LogP contribution in [0.4, 0.5) is 5.69 Å². The van der Waals surface area contributed by atoms with Gasteiger partial charge in [0, 0.05) is 16.7 Å². The Bertz CT molecular complexity index is 1000. The van der Waals surface area contributed by atoms with Crippen molar-refractivity contribution in [1.82, 2.24) is 4.98 Å². The lowest BCUT2D eigenvalue weighted by Crippen LogP contribution is -1.91. The number of para-hydroxylation sites is 1. The first-order valence-electron chi connectivity index (χ1n) is 6.64. The zero-order valence-corrected chi connectivity index (χ0v) is 13.5. The Morgan fingerprint density at radius 2 is 2.17 bits per heavy atom. The van der Waals surface area contributed by atoms with Crippen molar-refractivity contribution in [2.24, 2.45) is 0 Å². The number of aromatic hydroxyl groups is 1. The molecule has 0 spiro atoms. The first kappa shape index (κ1) is 15.9. The molecule has 0 bridgehead atoms. The van der Waals surface area contributed by atoms with Gasteiger partial charge in [0.05, 0.1) is 20.7 Å². The number of aromatic nitrogens is 1. The summed E-state index contributed by atoms with van der Waals surface area (Å²) >= 11 is 7.18. The van der Waals surface area contributed by atoms with Gasteiger partial charge in [0.2, 0.25) is 5.75 Å². The number of hydrogen-bond acceptors (Lipinski definition) is 6. The van der Waals surface area contributed by atoms with Crippen molar-refractivity contribution in [2.75, 3.05) is 0 Å². The quantitative estimate of drug-likeness (QED) is 0.418. The van der Waals surface area contributed by atoms with Gasteiger partial charge >= 0.3 is 5.69 Å². The largest absolute Gasteiger partial charge is 0.502 e. The molecule has 3 aromatic rings. The molecule has 0 aliphatic heterocycles. The number of hydrogen-bond donors (Lipinski definition) is 1. The van der Waals surface area contributed by atoms with Gasteiger partial charge in [-0.3, -0.25) is 10.1 Å². The van der Waals surface area contributed by atoms with Crippen molar-refractivity contribution >= 4 is 50.5 Å². The Morgan fingerprint density at radius 3 is 2.83 bits per heavy atom. The summed E-state index contributed by atoms with van der Waals surface area (Å²) in [6.07, 6.45) is 1.34. The number of phenolic OH excluding ortho intramolecular Hbond substituents is 1. The van der Waals surface area contributed by atoms with E-state index in [1.165, 1.54) is 23.5 Å². The summed E-state index contributed by atoms with van der Waals surface area (Å²) in [4.78, 5) is 14.6. The maximum absolute atomic E-state index is 11.0. The summed E-state index contributed by atoms with van der Waals surface area (Å²) in [6.45, 7) is 0. The number of fused-ring (bicyclic) bond motifs is 1. The van der Waals surface area contributed by atoms with Crippen LogP contribution in [0.1, 0.15) is 10.6 Å². The van der Waals surface area contributed by atoms with Gasteiger partial charge < -0.3 is 5.11 Å². The number of rotatable bonds is 3. The summed E-state index contributed by atoms with van der Waals surface area (Å²) in [7, 11) is 0. The molecule has 0 unspecified atom stereocenters. The zero-order chi connectivity index (χ0) is 17.3. The van der Waals surface area contributed by atoms with Crippen LogP contribution < -0.4 is 0 Å². The molecule has 1 aromatic heterocycles. The number of thiazole rings is 1. The minimum Gasteiger partial charge on any atom is -0.502 e. The summed E-state index contributed by atoms with van der Waals surface area (Å²) in [5.74, 6) is -0.543. The highest BCUT2D eigenvalue weighted by Gasteiger charge is 2.19. The normalized spacial score (nSPS) is 11.4. The third-order valence-electron chi connectivity index (χ3n) is 3.23. The third-order valence-corrected chi connectivity index (χ3v) is 4.51. The summed E-state index contributed by atoms with van der Waals surface area (Å²) in [5, 5.41) is 31.0. The fourth-order valence-electron chi connectivity index (χ4n) is 2.14. The second kappa shape index (κ2) is 6.28. The fourth-order valence-corrected chi connectivity index (χ4v) is 3.29. The second-order valence-corrected chi connectivity index (χ2v) is 6.24. The number of benzene rings is 2. The average molecular weight is 358 g/mol. The first-order valence-corrected chi connectivity index (χ1v) is 7.83. The summed E-state index contributed by atoms with van der Waals surface area (Å²) < 4.78 is 0.912. The van der Waals surface area contributed by atoms with Gasteiger partial charge in [-0.25, -0.2) is 4.98 Å². The number of nitro groups is 1. The van der Waals surface area contributed by atoms with Crippen LogP contribution in [0.5, 0.6) is 5.75 Å². The van der Waals surface area contributed by atoms with E-state index < -0.39 is 16.4 Å². The van der Waals surface area contributed by atoms with E-state index in [9.17, 15) is 20.5 Å². The lowest BCUT2D eigenvalue weighted by Gasteiger charge is -2.02. The standard InChI is InChI=1S/C16H8ClN3O3S/c17-11-6-9(15(21)13(7-11)20(22)23)5-10(8-18)16-19-12-3-1-2-4-14(12)24-16/h1-7,21H. The van der Waals surface area contributed by atoms with Crippen LogP contribution in [0.3, 0.4) is 0 Å². The smallest absolute Gasteiger partial charge is 0.312 e. The number of halogens is 1. The van der Waals surface area contributed by atoms with Crippen LogP contribution in [0.2, 0.25) is 5.02 Å². The molecule has 0 amide bonds. The van der Waals surface area contributed by atoms with Gasteiger partial charge in [-0.2, -0.15) is 5.26 Å². The van der Waals surface area contributed by atoms with E-state index in [0.717, 1.165) is 16.3 Å². The van der Waals surface area contributed by atoms with E-state index in [2.05, 4.69) is 4.98 Å². The lowest BCUT2D eigenvalue weighted by molar-refractivity contribution is -0.385. The van der Waals surface area contributed by atoms with E-state index >= 15 is 0 Å². The van der Waals surface area contributed by atoms with Crippen LogP contribution >= 0.6 is 22.9 Å². The highest BCUT2D eigenvalue weighted by Crippen LogP contribution is 2.36. The Kier molecular flexibility index (Phi) is 4.16. The van der Waals surface area contributed by atoms with Crippen molar-refractivity contribution < 1.29 is 10.0 Å². The van der Waals surface area contributed by atoms with Crippen LogP contribution in [0, 0.1) is 21.4 Å². The zero-order valence-electron chi connectivity index (χ0n) is 11.9. The third kappa shape index (κ3) is 2.93. The predicted octanol–water partition coefficient (Wildman–Crippen LogP) is 4.63. The minimum atomic E-state index is -0.734. The summed E-state index contributed by atoms with van der Waals surface area (Å²) in [6, 6.07) is 11.8. The van der Waals surface area contributed by atoms with Crippen molar-refractivity contribution in [3.8, 4) is 11.8 Å². The van der Waals surface area contributed by atoms with Crippen molar-refractivity contribution in [1.29, 1.82) is 5.26 Å². The monoisotopic (exact) mass is 357 g/mol. The molecular formula is C16H8ClN3O3S. The van der Waals surface area contributed by atoms with E-state index in [1.54, 1.807) is 0 Å². The highest BCUT2D eigenvalue weighted by molar-refractivity contribution is 7.19. The maximum Gasteiger partial charge on any atom is 0.312 e. The van der Waals surface area contributed by atoms with Crippen LogP contribution in [-0.4, -0.2) is 15.0 Å². The Morgan fingerprint density at radius 1 is 1.42 bits per heavy atom. The minimum absolute atomic E-state index is 0.0880. The van der Waals surface area contributed by atoms with Crippen molar-refractivity contribution in [3.05, 3.63) is 62.1 Å². The Labute approximate surface area is 145 Å². The predicted molar refractivity (Wildman–Crippen MR) is 92.9 cm³/mol. The topological polar surface area (TPSA) is 100 Å². The number of allylic oxidation sites excluding steroid dienone is 1. The van der Waals surface area contributed by atoms with Crippen molar-refractivity contribution in [2.45, 2.75) is 0 Å². The molecule has 1 heterocycles. The Hall–Kier alpha value is -2.95. The Balaban J connectivity index is 2.15. The molecule has 0 aliphatic carbocycles. The lowest BCUT2D eigenvalue weighted by atomic mass is 10.1. The van der Waals surface area contributed by atoms with E-state index in [4.69, 9.17) is 11.6 Å². The SMILES string of the molecule is N#CC(=Cc1cc(Cl)cc([N+](=O)[O-])c1O)c1nc2ccccc2s1. The number of nitrogens with zero attached hydrogens (tertiary/aromatic N) is 3. The second-order valence-electron chi connectivity index (χ2n) is 4.78. The van der Waals surface area contributed by atoms with Gasteiger partial charge in [-0.15, -0.1) is 11.3 Å². The molecule has 24 heavy (non-hydrogen) atoms. The molecule has 1 N–H and O–H groups in total. The van der Waals surface area contributed by atoms with Crippen LogP contribution in [0.15, 0.2) is 36.4 Å². The van der Waals surface area contributed by atoms with Gasteiger partial charge in [0.1, 0.15) is 11.1 Å². The molecule has 0 atom stereocenters.